The maximum absolute atomic E-state index is 3.88. The SMILES string of the molecule is C1NC2CNC1C2.c1n[nH]c2c1CNC2. The Kier molecular flexibility index (Phi) is 2.44. The van der Waals surface area contributed by atoms with Gasteiger partial charge in [0.15, 0.2) is 0 Å². The van der Waals surface area contributed by atoms with Gasteiger partial charge in [0.2, 0.25) is 0 Å². The van der Waals surface area contributed by atoms with E-state index in [9.17, 15) is 0 Å². The molecule has 2 bridgehead atoms. The number of aromatic amines is 1. The van der Waals surface area contributed by atoms with Crippen molar-refractivity contribution in [2.75, 3.05) is 13.1 Å². The van der Waals surface area contributed by atoms with Crippen LogP contribution < -0.4 is 16.0 Å². The third-order valence-corrected chi connectivity index (χ3v) is 3.30. The highest BCUT2D eigenvalue weighted by Gasteiger charge is 2.29. The van der Waals surface area contributed by atoms with Crippen LogP contribution in [0.15, 0.2) is 6.20 Å². The van der Waals surface area contributed by atoms with Gasteiger partial charge in [0.1, 0.15) is 0 Å². The molecule has 2 saturated heterocycles. The molecular weight excluding hydrogens is 190 g/mol. The molecular formula is C10H17N5. The molecule has 1 aromatic heterocycles. The van der Waals surface area contributed by atoms with Crippen LogP contribution in [0.4, 0.5) is 0 Å². The molecule has 0 aliphatic carbocycles. The van der Waals surface area contributed by atoms with E-state index in [0.29, 0.717) is 0 Å². The van der Waals surface area contributed by atoms with Crippen molar-refractivity contribution in [1.82, 2.24) is 26.1 Å². The van der Waals surface area contributed by atoms with Crippen LogP contribution in [0.3, 0.4) is 0 Å². The highest BCUT2D eigenvalue weighted by molar-refractivity contribution is 5.19. The van der Waals surface area contributed by atoms with Crippen molar-refractivity contribution in [1.29, 1.82) is 0 Å². The summed E-state index contributed by atoms with van der Waals surface area (Å²) in [6.45, 7) is 4.33. The fourth-order valence-corrected chi connectivity index (χ4v) is 2.40. The summed E-state index contributed by atoms with van der Waals surface area (Å²) in [5, 5.41) is 16.8. The Labute approximate surface area is 89.0 Å². The molecule has 4 heterocycles. The first-order chi connectivity index (χ1) is 7.42. The fraction of sp³-hybridized carbons (Fsp3) is 0.700. The second-order valence-corrected chi connectivity index (χ2v) is 4.42. The quantitative estimate of drug-likeness (QED) is 0.456. The van der Waals surface area contributed by atoms with Crippen LogP contribution in [0.2, 0.25) is 0 Å². The van der Waals surface area contributed by atoms with Crippen molar-refractivity contribution in [3.8, 4) is 0 Å². The molecule has 4 rings (SSSR count). The van der Waals surface area contributed by atoms with E-state index >= 15 is 0 Å². The van der Waals surface area contributed by atoms with Gasteiger partial charge in [0.05, 0.1) is 11.9 Å². The van der Waals surface area contributed by atoms with Crippen LogP contribution in [0.25, 0.3) is 0 Å². The van der Waals surface area contributed by atoms with Crippen LogP contribution in [-0.4, -0.2) is 35.4 Å². The summed E-state index contributed by atoms with van der Waals surface area (Å²) in [5.74, 6) is 0. The summed E-state index contributed by atoms with van der Waals surface area (Å²) >= 11 is 0. The summed E-state index contributed by atoms with van der Waals surface area (Å²) in [4.78, 5) is 0. The minimum Gasteiger partial charge on any atom is -0.311 e. The normalized spacial score (nSPS) is 31.2. The number of fused-ring (bicyclic) bond motifs is 3. The number of nitrogens with zero attached hydrogens (tertiary/aromatic N) is 1. The van der Waals surface area contributed by atoms with Crippen LogP contribution >= 0.6 is 0 Å². The van der Waals surface area contributed by atoms with Gasteiger partial charge in [-0.15, -0.1) is 0 Å². The summed E-state index contributed by atoms with van der Waals surface area (Å²) in [6.07, 6.45) is 3.23. The Morgan fingerprint density at radius 1 is 1.13 bits per heavy atom. The Morgan fingerprint density at radius 3 is 2.47 bits per heavy atom. The third-order valence-electron chi connectivity index (χ3n) is 3.30. The number of aromatic nitrogens is 2. The first kappa shape index (κ1) is 9.33. The van der Waals surface area contributed by atoms with Crippen molar-refractivity contribution in [2.45, 2.75) is 31.6 Å². The van der Waals surface area contributed by atoms with Gasteiger partial charge in [-0.3, -0.25) is 5.10 Å². The molecule has 0 amide bonds. The monoisotopic (exact) mass is 207 g/mol. The summed E-state index contributed by atoms with van der Waals surface area (Å²) in [5.41, 5.74) is 2.55. The van der Waals surface area contributed by atoms with E-state index in [0.717, 1.165) is 25.2 Å². The van der Waals surface area contributed by atoms with Crippen LogP contribution in [0.1, 0.15) is 17.7 Å². The van der Waals surface area contributed by atoms with Crippen LogP contribution in [-0.2, 0) is 13.1 Å². The fourth-order valence-electron chi connectivity index (χ4n) is 2.40. The average molecular weight is 207 g/mol. The zero-order valence-electron chi connectivity index (χ0n) is 8.71. The van der Waals surface area contributed by atoms with Gasteiger partial charge in [-0.2, -0.15) is 5.10 Å². The van der Waals surface area contributed by atoms with E-state index in [4.69, 9.17) is 0 Å². The van der Waals surface area contributed by atoms with Crippen molar-refractivity contribution < 1.29 is 0 Å². The van der Waals surface area contributed by atoms with Gasteiger partial charge in [0, 0.05) is 43.8 Å². The lowest BCUT2D eigenvalue weighted by Crippen LogP contribution is -2.39. The molecule has 2 unspecified atom stereocenters. The number of hydrogen-bond donors (Lipinski definition) is 4. The van der Waals surface area contributed by atoms with Crippen LogP contribution in [0.5, 0.6) is 0 Å². The molecule has 2 atom stereocenters. The highest BCUT2D eigenvalue weighted by Crippen LogP contribution is 2.11. The van der Waals surface area contributed by atoms with E-state index in [1.165, 1.54) is 30.8 Å². The smallest absolute Gasteiger partial charge is 0.0535 e. The van der Waals surface area contributed by atoms with Gasteiger partial charge in [-0.25, -0.2) is 0 Å². The number of hydrogen-bond acceptors (Lipinski definition) is 4. The van der Waals surface area contributed by atoms with Crippen molar-refractivity contribution in [3.63, 3.8) is 0 Å². The molecule has 0 radical (unpaired) electrons. The standard InChI is InChI=1S/C5H7N3.C5H10N2/c1-4-2-7-8-5(4)3-6-1;1-4-2-6-5(1)3-7-4/h2,6H,1,3H2,(H,7,8);4-7H,1-3H2. The maximum atomic E-state index is 3.88. The molecule has 5 nitrogen and oxygen atoms in total. The second-order valence-electron chi connectivity index (χ2n) is 4.42. The van der Waals surface area contributed by atoms with E-state index in [1.54, 1.807) is 0 Å². The lowest BCUT2D eigenvalue weighted by Gasteiger charge is -2.10. The summed E-state index contributed by atoms with van der Waals surface area (Å²) in [6, 6.07) is 1.62. The molecule has 3 aliphatic heterocycles. The number of piperazine rings is 1. The second kappa shape index (κ2) is 3.92. The molecule has 0 saturated carbocycles. The largest absolute Gasteiger partial charge is 0.311 e. The molecule has 0 spiro atoms. The van der Waals surface area contributed by atoms with Crippen molar-refractivity contribution >= 4 is 0 Å². The van der Waals surface area contributed by atoms with Gasteiger partial charge in [-0.05, 0) is 6.42 Å². The Balaban J connectivity index is 0.0000000971. The maximum Gasteiger partial charge on any atom is 0.0535 e. The molecule has 0 aromatic carbocycles. The van der Waals surface area contributed by atoms with Crippen molar-refractivity contribution in [3.05, 3.63) is 17.5 Å². The molecule has 4 N–H and O–H groups in total. The zero-order valence-corrected chi connectivity index (χ0v) is 8.71. The molecule has 2 fully saturated rings. The van der Waals surface area contributed by atoms with E-state index < -0.39 is 0 Å². The number of H-pyrrole nitrogens is 1. The lowest BCUT2D eigenvalue weighted by molar-refractivity contribution is 0.528. The minimum atomic E-state index is 0.810. The Morgan fingerprint density at radius 2 is 1.93 bits per heavy atom. The Bertz CT molecular complexity index is 298. The highest BCUT2D eigenvalue weighted by atomic mass is 15.1. The number of nitrogens with one attached hydrogen (secondary N) is 4. The first-order valence-corrected chi connectivity index (χ1v) is 5.60. The Hall–Kier alpha value is -0.910. The predicted molar refractivity (Wildman–Crippen MR) is 57.3 cm³/mol. The predicted octanol–water partition coefficient (Wildman–Crippen LogP) is -0.667. The third kappa shape index (κ3) is 1.90. The van der Waals surface area contributed by atoms with Gasteiger partial charge >= 0.3 is 0 Å². The van der Waals surface area contributed by atoms with Gasteiger partial charge in [0.25, 0.3) is 0 Å². The molecule has 82 valence electrons. The molecule has 1 aromatic rings. The molecule has 3 aliphatic rings. The summed E-state index contributed by atoms with van der Waals surface area (Å²) < 4.78 is 0. The van der Waals surface area contributed by atoms with Gasteiger partial charge < -0.3 is 16.0 Å². The minimum absolute atomic E-state index is 0.810. The average Bonchev–Trinajstić information content (AvgIpc) is 3.00. The zero-order chi connectivity index (χ0) is 10.1. The van der Waals surface area contributed by atoms with Crippen molar-refractivity contribution in [2.24, 2.45) is 0 Å². The molecule has 15 heavy (non-hydrogen) atoms. The first-order valence-electron chi connectivity index (χ1n) is 5.60. The lowest BCUT2D eigenvalue weighted by atomic mass is 10.3. The topological polar surface area (TPSA) is 64.8 Å². The van der Waals surface area contributed by atoms with E-state index in [1.807, 2.05) is 6.20 Å². The van der Waals surface area contributed by atoms with E-state index in [-0.39, 0.29) is 0 Å². The summed E-state index contributed by atoms with van der Waals surface area (Å²) in [7, 11) is 0. The van der Waals surface area contributed by atoms with Gasteiger partial charge in [-0.1, -0.05) is 0 Å². The molecule has 5 heteroatoms. The number of rotatable bonds is 0. The van der Waals surface area contributed by atoms with E-state index in [2.05, 4.69) is 26.1 Å². The van der Waals surface area contributed by atoms with Crippen LogP contribution in [0, 0.1) is 0 Å².